The number of nitrogens with one attached hydrogen (secondary N) is 1. The maximum absolute atomic E-state index is 12.5. The quantitative estimate of drug-likeness (QED) is 0.779. The van der Waals surface area contributed by atoms with Crippen molar-refractivity contribution in [3.05, 3.63) is 35.4 Å². The maximum Gasteiger partial charge on any atom is 0.416 e. The largest absolute Gasteiger partial charge is 0.479 e. The Balaban J connectivity index is 2.82. The van der Waals surface area contributed by atoms with Crippen LogP contribution in [-0.4, -0.2) is 34.2 Å². The lowest BCUT2D eigenvalue weighted by Gasteiger charge is -2.18. The summed E-state index contributed by atoms with van der Waals surface area (Å²) in [4.78, 5) is 22.2. The molecule has 0 radical (unpaired) electrons. The number of aliphatic hydroxyl groups is 1. The second-order valence-electron chi connectivity index (χ2n) is 4.34. The SMILES string of the molecule is CC(O)(CNC(=O)c1cccc(C(F)(F)F)c1)C(=O)O. The summed E-state index contributed by atoms with van der Waals surface area (Å²) in [5, 5.41) is 20.1. The minimum Gasteiger partial charge on any atom is -0.479 e. The molecule has 1 atom stereocenters. The van der Waals surface area contributed by atoms with Gasteiger partial charge in [-0.2, -0.15) is 13.2 Å². The molecule has 5 nitrogen and oxygen atoms in total. The van der Waals surface area contributed by atoms with E-state index in [0.717, 1.165) is 25.1 Å². The normalized spacial score (nSPS) is 14.4. The monoisotopic (exact) mass is 291 g/mol. The highest BCUT2D eigenvalue weighted by Crippen LogP contribution is 2.29. The number of rotatable bonds is 4. The average Bonchev–Trinajstić information content (AvgIpc) is 2.35. The molecule has 0 aliphatic rings. The van der Waals surface area contributed by atoms with Gasteiger partial charge in [-0.3, -0.25) is 4.79 Å². The second kappa shape index (κ2) is 5.49. The van der Waals surface area contributed by atoms with Crippen molar-refractivity contribution in [2.45, 2.75) is 18.7 Å². The molecule has 0 fully saturated rings. The van der Waals surface area contributed by atoms with E-state index in [1.54, 1.807) is 0 Å². The molecule has 1 unspecified atom stereocenters. The number of aliphatic carboxylic acids is 1. The van der Waals surface area contributed by atoms with E-state index in [-0.39, 0.29) is 5.56 Å². The lowest BCUT2D eigenvalue weighted by atomic mass is 10.1. The Kier molecular flexibility index (Phi) is 4.39. The Morgan fingerprint density at radius 3 is 2.40 bits per heavy atom. The van der Waals surface area contributed by atoms with Gasteiger partial charge in [-0.05, 0) is 25.1 Å². The molecule has 1 rings (SSSR count). The smallest absolute Gasteiger partial charge is 0.416 e. The average molecular weight is 291 g/mol. The van der Waals surface area contributed by atoms with Gasteiger partial charge in [0.1, 0.15) is 0 Å². The van der Waals surface area contributed by atoms with Crippen molar-refractivity contribution in [1.29, 1.82) is 0 Å². The van der Waals surface area contributed by atoms with Crippen LogP contribution < -0.4 is 5.32 Å². The lowest BCUT2D eigenvalue weighted by molar-refractivity contribution is -0.155. The number of benzene rings is 1. The topological polar surface area (TPSA) is 86.6 Å². The van der Waals surface area contributed by atoms with Gasteiger partial charge in [0, 0.05) is 5.56 Å². The van der Waals surface area contributed by atoms with E-state index in [1.165, 1.54) is 0 Å². The number of carboxylic acid groups (broad SMARTS) is 1. The molecule has 0 aliphatic heterocycles. The standard InChI is InChI=1S/C12H12F3NO4/c1-11(20,10(18)19)6-16-9(17)7-3-2-4-8(5-7)12(13,14)15/h2-5,20H,6H2,1H3,(H,16,17)(H,18,19). The van der Waals surface area contributed by atoms with Crippen LogP contribution >= 0.6 is 0 Å². The van der Waals surface area contributed by atoms with E-state index >= 15 is 0 Å². The van der Waals surface area contributed by atoms with Gasteiger partial charge in [0.05, 0.1) is 12.1 Å². The Bertz CT molecular complexity index is 526. The van der Waals surface area contributed by atoms with E-state index in [2.05, 4.69) is 5.32 Å². The van der Waals surface area contributed by atoms with Gasteiger partial charge in [-0.1, -0.05) is 6.07 Å². The molecule has 1 amide bonds. The summed E-state index contributed by atoms with van der Waals surface area (Å²) in [5.41, 5.74) is -3.46. The molecule has 110 valence electrons. The first-order valence-corrected chi connectivity index (χ1v) is 5.45. The summed E-state index contributed by atoms with van der Waals surface area (Å²) in [5.74, 6) is -2.46. The molecule has 0 saturated heterocycles. The molecule has 8 heteroatoms. The first-order valence-electron chi connectivity index (χ1n) is 5.45. The molecular formula is C12H12F3NO4. The molecule has 20 heavy (non-hydrogen) atoms. The minimum absolute atomic E-state index is 0.277. The third-order valence-electron chi connectivity index (χ3n) is 2.51. The van der Waals surface area contributed by atoms with Crippen LogP contribution in [0.25, 0.3) is 0 Å². The van der Waals surface area contributed by atoms with Gasteiger partial charge in [0.15, 0.2) is 5.60 Å². The fourth-order valence-corrected chi connectivity index (χ4v) is 1.27. The number of amides is 1. The predicted octanol–water partition coefficient (Wildman–Crippen LogP) is 1.27. The number of carbonyl (C=O) groups excluding carboxylic acids is 1. The lowest BCUT2D eigenvalue weighted by Crippen LogP contribution is -2.46. The molecule has 0 aliphatic carbocycles. The van der Waals surface area contributed by atoms with Gasteiger partial charge in [0.25, 0.3) is 5.91 Å². The zero-order valence-corrected chi connectivity index (χ0v) is 10.4. The summed E-state index contributed by atoms with van der Waals surface area (Å²) >= 11 is 0. The number of carboxylic acids is 1. The third kappa shape index (κ3) is 3.95. The molecule has 0 saturated carbocycles. The molecule has 0 bridgehead atoms. The van der Waals surface area contributed by atoms with Crippen LogP contribution in [0.2, 0.25) is 0 Å². The van der Waals surface area contributed by atoms with Gasteiger partial charge >= 0.3 is 12.1 Å². The Morgan fingerprint density at radius 1 is 1.30 bits per heavy atom. The first-order chi connectivity index (χ1) is 9.04. The van der Waals surface area contributed by atoms with E-state index in [0.29, 0.717) is 6.07 Å². The van der Waals surface area contributed by atoms with Crippen molar-refractivity contribution < 1.29 is 33.0 Å². The Labute approximate surface area is 112 Å². The molecule has 1 aromatic rings. The first kappa shape index (κ1) is 16.0. The van der Waals surface area contributed by atoms with Crippen molar-refractivity contribution >= 4 is 11.9 Å². The second-order valence-corrected chi connectivity index (χ2v) is 4.34. The van der Waals surface area contributed by atoms with Crippen LogP contribution in [0.15, 0.2) is 24.3 Å². The van der Waals surface area contributed by atoms with Gasteiger partial charge in [-0.15, -0.1) is 0 Å². The molecule has 0 heterocycles. The molecule has 0 aromatic heterocycles. The van der Waals surface area contributed by atoms with Crippen molar-refractivity contribution in [3.63, 3.8) is 0 Å². The van der Waals surface area contributed by atoms with Crippen molar-refractivity contribution in [2.24, 2.45) is 0 Å². The minimum atomic E-state index is -4.58. The highest BCUT2D eigenvalue weighted by Gasteiger charge is 2.32. The highest BCUT2D eigenvalue weighted by molar-refractivity contribution is 5.94. The third-order valence-corrected chi connectivity index (χ3v) is 2.51. The van der Waals surface area contributed by atoms with E-state index in [1.807, 2.05) is 0 Å². The maximum atomic E-state index is 12.5. The summed E-state index contributed by atoms with van der Waals surface area (Å²) in [6.07, 6.45) is -4.58. The van der Waals surface area contributed by atoms with Crippen molar-refractivity contribution in [2.75, 3.05) is 6.54 Å². The number of hydrogen-bond donors (Lipinski definition) is 3. The fraction of sp³-hybridized carbons (Fsp3) is 0.333. The van der Waals surface area contributed by atoms with E-state index in [4.69, 9.17) is 5.11 Å². The highest BCUT2D eigenvalue weighted by atomic mass is 19.4. The van der Waals surface area contributed by atoms with Gasteiger partial charge in [0.2, 0.25) is 0 Å². The van der Waals surface area contributed by atoms with Crippen molar-refractivity contribution in [3.8, 4) is 0 Å². The number of halogens is 3. The zero-order valence-electron chi connectivity index (χ0n) is 10.4. The van der Waals surface area contributed by atoms with Crippen LogP contribution in [0.3, 0.4) is 0 Å². The summed E-state index contributed by atoms with van der Waals surface area (Å²) in [7, 11) is 0. The molecule has 3 N–H and O–H groups in total. The zero-order chi connectivity index (χ0) is 15.6. The van der Waals surface area contributed by atoms with Crippen LogP contribution in [0.5, 0.6) is 0 Å². The summed E-state index contributed by atoms with van der Waals surface area (Å²) < 4.78 is 37.4. The van der Waals surface area contributed by atoms with Crippen LogP contribution in [0.1, 0.15) is 22.8 Å². The summed E-state index contributed by atoms with van der Waals surface area (Å²) in [6.45, 7) is 0.333. The number of carbonyl (C=O) groups is 2. The number of alkyl halides is 3. The summed E-state index contributed by atoms with van der Waals surface area (Å²) in [6, 6.07) is 3.67. The Morgan fingerprint density at radius 2 is 1.90 bits per heavy atom. The molecule has 0 spiro atoms. The van der Waals surface area contributed by atoms with Gasteiger partial charge < -0.3 is 15.5 Å². The van der Waals surface area contributed by atoms with Crippen LogP contribution in [0, 0.1) is 0 Å². The van der Waals surface area contributed by atoms with E-state index in [9.17, 15) is 27.9 Å². The fourth-order valence-electron chi connectivity index (χ4n) is 1.27. The molecule has 1 aromatic carbocycles. The Hall–Kier alpha value is -2.09. The van der Waals surface area contributed by atoms with Crippen LogP contribution in [0.4, 0.5) is 13.2 Å². The van der Waals surface area contributed by atoms with E-state index < -0.39 is 35.8 Å². The number of hydrogen-bond acceptors (Lipinski definition) is 3. The predicted molar refractivity (Wildman–Crippen MR) is 62.0 cm³/mol. The van der Waals surface area contributed by atoms with Crippen LogP contribution in [-0.2, 0) is 11.0 Å². The van der Waals surface area contributed by atoms with Gasteiger partial charge in [-0.25, -0.2) is 4.79 Å². The molecular weight excluding hydrogens is 279 g/mol. The van der Waals surface area contributed by atoms with Crippen molar-refractivity contribution in [1.82, 2.24) is 5.32 Å².